The van der Waals surface area contributed by atoms with Gasteiger partial charge in [0.15, 0.2) is 0 Å². The Morgan fingerprint density at radius 1 is 1.83 bits per heavy atom. The fourth-order valence-electron chi connectivity index (χ4n) is 0.927. The number of halogens is 1. The number of alkyl halides is 1. The number of amides is 1. The van der Waals surface area contributed by atoms with Gasteiger partial charge in [0.05, 0.1) is 7.25 Å². The summed E-state index contributed by atoms with van der Waals surface area (Å²) in [5, 5.41) is 8.70. The molecule has 68 valence electrons. The van der Waals surface area contributed by atoms with E-state index in [-0.39, 0.29) is 0 Å². The van der Waals surface area contributed by atoms with Gasteiger partial charge in [-0.1, -0.05) is 0 Å². The lowest BCUT2D eigenvalue weighted by Gasteiger charge is -2.18. The van der Waals surface area contributed by atoms with E-state index in [2.05, 4.69) is 0 Å². The largest absolute Gasteiger partial charge is 0.480 e. The third-order valence-electron chi connectivity index (χ3n) is 1.54. The lowest BCUT2D eigenvalue weighted by atomic mass is 10.3. The van der Waals surface area contributed by atoms with Gasteiger partial charge < -0.3 is 10.0 Å². The Hall–Kier alpha value is -0.420. The second kappa shape index (κ2) is 4.00. The number of thioether (sulfide) groups is 1. The molecular formula is C6H8ClNO3S. The summed E-state index contributed by atoms with van der Waals surface area (Å²) in [7, 11) is 0. The summed E-state index contributed by atoms with van der Waals surface area (Å²) < 4.78 is 6.95. The molecule has 0 aromatic carbocycles. The highest BCUT2D eigenvalue weighted by Crippen LogP contribution is 2.21. The van der Waals surface area contributed by atoms with Gasteiger partial charge in [0.1, 0.15) is 11.9 Å². The van der Waals surface area contributed by atoms with Crippen molar-refractivity contribution in [2.75, 3.05) is 17.5 Å². The van der Waals surface area contributed by atoms with Crippen molar-refractivity contribution >= 4 is 35.2 Å². The first-order valence-electron chi connectivity index (χ1n) is 3.79. The van der Waals surface area contributed by atoms with E-state index in [9.17, 15) is 9.59 Å². The Morgan fingerprint density at radius 3 is 3.00 bits per heavy atom. The summed E-state index contributed by atoms with van der Waals surface area (Å²) in [6.45, 7) is 0. The maximum absolute atomic E-state index is 11.2. The van der Waals surface area contributed by atoms with Crippen LogP contribution in [0.1, 0.15) is 1.37 Å². The summed E-state index contributed by atoms with van der Waals surface area (Å²) >= 11 is 6.60. The first kappa shape index (κ1) is 8.19. The number of hydrogen-bond donors (Lipinski definition) is 1. The molecule has 1 fully saturated rings. The number of carboxylic acids is 1. The zero-order chi connectivity index (χ0) is 10.0. The predicted molar refractivity (Wildman–Crippen MR) is 46.3 cm³/mol. The van der Waals surface area contributed by atoms with Crippen LogP contribution in [0.3, 0.4) is 0 Å². The summed E-state index contributed by atoms with van der Waals surface area (Å²) in [6.07, 6.45) is 0. The van der Waals surface area contributed by atoms with Gasteiger partial charge in [-0.2, -0.15) is 0 Å². The van der Waals surface area contributed by atoms with E-state index in [1.54, 1.807) is 0 Å². The molecule has 1 heterocycles. The SMILES string of the molecule is [2H]C(Cl)C(=O)N1CSCC1C(=O)O. The van der Waals surface area contributed by atoms with E-state index in [0.29, 0.717) is 11.6 Å². The molecule has 1 aliphatic rings. The Balaban J connectivity index is 2.68. The molecule has 12 heavy (non-hydrogen) atoms. The molecule has 0 aromatic rings. The average Bonchev–Trinajstić information content (AvgIpc) is 2.50. The van der Waals surface area contributed by atoms with Gasteiger partial charge in [-0.25, -0.2) is 4.79 Å². The number of rotatable bonds is 2. The quantitative estimate of drug-likeness (QED) is 0.663. The normalized spacial score (nSPS) is 26.6. The maximum Gasteiger partial charge on any atom is 0.327 e. The summed E-state index contributed by atoms with van der Waals surface area (Å²) in [5.41, 5.74) is 0. The molecule has 1 rings (SSSR count). The van der Waals surface area contributed by atoms with Crippen LogP contribution in [0, 0.1) is 0 Å². The molecule has 1 N–H and O–H groups in total. The molecule has 0 bridgehead atoms. The molecule has 4 nitrogen and oxygen atoms in total. The van der Waals surface area contributed by atoms with Crippen LogP contribution in [0.4, 0.5) is 0 Å². The van der Waals surface area contributed by atoms with Crippen LogP contribution in [0.25, 0.3) is 0 Å². The molecule has 0 aromatic heterocycles. The Bertz CT molecular complexity index is 238. The van der Waals surface area contributed by atoms with E-state index in [1.807, 2.05) is 0 Å². The highest BCUT2D eigenvalue weighted by Gasteiger charge is 2.33. The first-order chi connectivity index (χ1) is 6.04. The molecule has 1 aliphatic heterocycles. The highest BCUT2D eigenvalue weighted by molar-refractivity contribution is 7.99. The molecule has 0 saturated carbocycles. The second-order valence-electron chi connectivity index (χ2n) is 2.27. The third-order valence-corrected chi connectivity index (χ3v) is 2.74. The van der Waals surface area contributed by atoms with E-state index in [0.717, 1.165) is 4.90 Å². The fourth-order valence-corrected chi connectivity index (χ4v) is 2.21. The number of carbonyl (C=O) groups is 2. The van der Waals surface area contributed by atoms with Crippen LogP contribution in [-0.4, -0.2) is 45.4 Å². The van der Waals surface area contributed by atoms with Crippen LogP contribution in [0.15, 0.2) is 0 Å². The molecule has 0 radical (unpaired) electrons. The minimum Gasteiger partial charge on any atom is -0.480 e. The smallest absolute Gasteiger partial charge is 0.327 e. The van der Waals surface area contributed by atoms with Gasteiger partial charge in [0, 0.05) is 5.75 Å². The van der Waals surface area contributed by atoms with E-state index in [4.69, 9.17) is 18.1 Å². The van der Waals surface area contributed by atoms with Crippen molar-refractivity contribution in [1.82, 2.24) is 4.90 Å². The number of hydrogen-bond acceptors (Lipinski definition) is 3. The number of aliphatic carboxylic acids is 1. The van der Waals surface area contributed by atoms with Crippen molar-refractivity contribution in [2.45, 2.75) is 6.04 Å². The van der Waals surface area contributed by atoms with Gasteiger partial charge in [-0.05, 0) is 0 Å². The van der Waals surface area contributed by atoms with Crippen molar-refractivity contribution < 1.29 is 16.1 Å². The maximum atomic E-state index is 11.2. The lowest BCUT2D eigenvalue weighted by Crippen LogP contribution is -2.42. The van der Waals surface area contributed by atoms with Crippen LogP contribution < -0.4 is 0 Å². The fraction of sp³-hybridized carbons (Fsp3) is 0.667. The zero-order valence-electron chi connectivity index (χ0n) is 7.07. The van der Waals surface area contributed by atoms with Gasteiger partial charge in [-0.3, -0.25) is 4.79 Å². The van der Waals surface area contributed by atoms with Gasteiger partial charge >= 0.3 is 5.97 Å². The van der Waals surface area contributed by atoms with E-state index < -0.39 is 23.8 Å². The van der Waals surface area contributed by atoms with Crippen LogP contribution in [0.2, 0.25) is 0 Å². The Kier molecular flexibility index (Phi) is 2.73. The first-order valence-corrected chi connectivity index (χ1v) is 4.80. The van der Waals surface area contributed by atoms with Gasteiger partial charge in [0.2, 0.25) is 5.91 Å². The van der Waals surface area contributed by atoms with Crippen molar-refractivity contribution in [1.29, 1.82) is 0 Å². The van der Waals surface area contributed by atoms with Crippen molar-refractivity contribution in [2.24, 2.45) is 0 Å². The molecule has 1 amide bonds. The predicted octanol–water partition coefficient (Wildman–Crippen LogP) is 0.211. The number of nitrogens with zero attached hydrogens (tertiary/aromatic N) is 1. The third kappa shape index (κ3) is 1.84. The van der Waals surface area contributed by atoms with Crippen molar-refractivity contribution in [3.63, 3.8) is 0 Å². The van der Waals surface area contributed by atoms with Gasteiger partial charge in [0.25, 0.3) is 0 Å². The molecule has 0 aliphatic carbocycles. The Labute approximate surface area is 80.3 Å². The Morgan fingerprint density at radius 2 is 2.50 bits per heavy atom. The standard InChI is InChI=1S/C6H8ClNO3S/c7-1-5(9)8-3-12-2-4(8)6(10)11/h4H,1-3H2,(H,10,11)/i1D. The molecule has 0 spiro atoms. The monoisotopic (exact) mass is 210 g/mol. The number of carboxylic acid groups (broad SMARTS) is 1. The molecular weight excluding hydrogens is 202 g/mol. The van der Waals surface area contributed by atoms with Crippen molar-refractivity contribution in [3.8, 4) is 0 Å². The lowest BCUT2D eigenvalue weighted by molar-refractivity contribution is -0.146. The van der Waals surface area contributed by atoms with Crippen LogP contribution in [0.5, 0.6) is 0 Å². The van der Waals surface area contributed by atoms with Crippen LogP contribution in [-0.2, 0) is 9.59 Å². The summed E-state index contributed by atoms with van der Waals surface area (Å²) in [5.74, 6) is -2.42. The van der Waals surface area contributed by atoms with Crippen LogP contribution >= 0.6 is 23.4 Å². The second-order valence-corrected chi connectivity index (χ2v) is 3.49. The highest BCUT2D eigenvalue weighted by atomic mass is 35.5. The molecule has 2 unspecified atom stereocenters. The van der Waals surface area contributed by atoms with Crippen molar-refractivity contribution in [3.05, 3.63) is 0 Å². The number of carbonyl (C=O) groups excluding carboxylic acids is 1. The molecule has 6 heteroatoms. The minimum atomic E-state index is -1.40. The summed E-state index contributed by atoms with van der Waals surface area (Å²) in [6, 6.07) is -0.830. The van der Waals surface area contributed by atoms with Gasteiger partial charge in [-0.15, -0.1) is 23.4 Å². The minimum absolute atomic E-state index is 0.303. The topological polar surface area (TPSA) is 57.6 Å². The average molecular weight is 211 g/mol. The van der Waals surface area contributed by atoms with E-state index >= 15 is 0 Å². The summed E-state index contributed by atoms with van der Waals surface area (Å²) in [4.78, 5) is 22.9. The molecule has 1 saturated heterocycles. The molecule has 2 atom stereocenters. The zero-order valence-corrected chi connectivity index (χ0v) is 7.64. The van der Waals surface area contributed by atoms with E-state index in [1.165, 1.54) is 11.8 Å².